The second-order valence-electron chi connectivity index (χ2n) is 1.95. The summed E-state index contributed by atoms with van der Waals surface area (Å²) < 4.78 is 0. The average molecular weight is 147 g/mol. The molecule has 0 saturated carbocycles. The molecule has 0 aliphatic rings. The van der Waals surface area contributed by atoms with E-state index < -0.39 is 17.9 Å². The number of amides is 1. The molecular weight excluding hydrogens is 137 g/mol. The summed E-state index contributed by atoms with van der Waals surface area (Å²) in [6, 6.07) is -0.979. The molecule has 0 rings (SSSR count). The highest BCUT2D eigenvalue weighted by molar-refractivity contribution is 5.76. The van der Waals surface area contributed by atoms with Crippen LogP contribution in [0.5, 0.6) is 0 Å². The van der Waals surface area contributed by atoms with Gasteiger partial charge in [0.25, 0.3) is 0 Å². The Morgan fingerprint density at radius 3 is 2.30 bits per heavy atom. The summed E-state index contributed by atoms with van der Waals surface area (Å²) in [5.41, 5.74) is 9.81. The summed E-state index contributed by atoms with van der Waals surface area (Å²) in [6.07, 6.45) is 0.123. The minimum atomic E-state index is -1.11. The summed E-state index contributed by atoms with van der Waals surface area (Å²) in [7, 11) is 0. The zero-order valence-electron chi connectivity index (χ0n) is 5.41. The van der Waals surface area contributed by atoms with Gasteiger partial charge in [0.15, 0.2) is 0 Å². The Morgan fingerprint density at radius 2 is 2.00 bits per heavy atom. The van der Waals surface area contributed by atoms with Crippen LogP contribution in [0.25, 0.3) is 0 Å². The Kier molecular flexibility index (Phi) is 3.42. The van der Waals surface area contributed by atoms with E-state index in [4.69, 9.17) is 16.6 Å². The van der Waals surface area contributed by atoms with Crippen molar-refractivity contribution in [2.24, 2.45) is 11.5 Å². The fraction of sp³-hybridized carbons (Fsp3) is 0.600. The van der Waals surface area contributed by atoms with Crippen molar-refractivity contribution in [1.82, 2.24) is 0 Å². The van der Waals surface area contributed by atoms with Gasteiger partial charge in [0.2, 0.25) is 5.91 Å². The van der Waals surface area contributed by atoms with Gasteiger partial charge in [-0.1, -0.05) is 0 Å². The minimum Gasteiger partial charge on any atom is -0.480 e. The number of carboxylic acids is 1. The van der Waals surface area contributed by atoms with E-state index in [1.807, 2.05) is 0 Å². The number of carboxylic acid groups (broad SMARTS) is 1. The highest BCUT2D eigenvalue weighted by Gasteiger charge is 2.11. The van der Waals surface area contributed by atoms with Crippen molar-refractivity contribution in [3.05, 3.63) is 0 Å². The molecule has 0 aromatic carbocycles. The third kappa shape index (κ3) is 3.85. The molecule has 0 aromatic rings. The minimum absolute atomic E-state index is 0.0213. The van der Waals surface area contributed by atoms with Gasteiger partial charge in [-0.3, -0.25) is 9.59 Å². The third-order valence-electron chi connectivity index (χ3n) is 1.02. The van der Waals surface area contributed by atoms with Gasteiger partial charge in [-0.15, -0.1) is 0 Å². The van der Waals surface area contributed by atoms with Crippen molar-refractivity contribution in [1.29, 1.82) is 0 Å². The Bertz CT molecular complexity index is 146. The van der Waals surface area contributed by atoms with Crippen LogP contribution in [0.3, 0.4) is 0 Å². The highest BCUT2D eigenvalue weighted by atomic mass is 16.4. The fourth-order valence-electron chi connectivity index (χ4n) is 0.421. The van der Waals surface area contributed by atoms with Crippen molar-refractivity contribution in [3.63, 3.8) is 0 Å². The number of carbonyl (C=O) groups is 2. The molecule has 0 saturated heterocycles. The second kappa shape index (κ2) is 3.84. The Morgan fingerprint density at radius 1 is 1.50 bits per heavy atom. The van der Waals surface area contributed by atoms with Gasteiger partial charge in [0.1, 0.15) is 6.04 Å². The van der Waals surface area contributed by atoms with E-state index in [-0.39, 0.29) is 12.8 Å². The third-order valence-corrected chi connectivity index (χ3v) is 1.02. The van der Waals surface area contributed by atoms with Crippen molar-refractivity contribution in [2.75, 3.05) is 0 Å². The molecule has 1 atom stereocenters. The summed E-state index contributed by atoms with van der Waals surface area (Å²) in [6.45, 7) is 0. The van der Waals surface area contributed by atoms with Crippen molar-refractivity contribution < 1.29 is 14.7 Å². The lowest BCUT2D eigenvalue weighted by atomic mass is 10.3. The van der Waals surface area contributed by atoms with Crippen LogP contribution in [0, 0.1) is 0 Å². The molecule has 5 nitrogen and oxygen atoms in total. The van der Waals surface area contributed by atoms with E-state index in [9.17, 15) is 9.59 Å². The van der Waals surface area contributed by atoms with E-state index in [0.717, 1.165) is 0 Å². The summed E-state index contributed by atoms with van der Waals surface area (Å²) in [4.78, 5) is 20.1. The molecule has 0 bridgehead atoms. The number of primary amides is 1. The molecule has 5 heteroatoms. The first kappa shape index (κ1) is 8.90. The standard InChI is InChI=1S/C5H10N2O3/c6-3(5(9)10)1-2-4(7)8/h3H,1-2,6H2,(H2,7,8)(H,9,10)/t3-/m0/s1/i3+1. The first-order valence-electron chi connectivity index (χ1n) is 2.80. The zero-order valence-corrected chi connectivity index (χ0v) is 5.41. The SMILES string of the molecule is NC(=O)CC[13C@H](N)C(=O)O. The maximum absolute atomic E-state index is 10.1. The summed E-state index contributed by atoms with van der Waals surface area (Å²) in [5.74, 6) is -1.64. The van der Waals surface area contributed by atoms with E-state index in [1.165, 1.54) is 0 Å². The van der Waals surface area contributed by atoms with Crippen LogP contribution >= 0.6 is 0 Å². The maximum atomic E-state index is 10.1. The molecule has 58 valence electrons. The number of carbonyl (C=O) groups excluding carboxylic acids is 1. The molecule has 0 radical (unpaired) electrons. The van der Waals surface area contributed by atoms with Gasteiger partial charge in [-0.25, -0.2) is 0 Å². The van der Waals surface area contributed by atoms with Crippen LogP contribution in [-0.2, 0) is 9.59 Å². The Labute approximate surface area is 58.0 Å². The number of hydrogen-bond acceptors (Lipinski definition) is 3. The monoisotopic (exact) mass is 147 g/mol. The normalized spacial score (nSPS) is 12.5. The van der Waals surface area contributed by atoms with E-state index in [0.29, 0.717) is 0 Å². The quantitative estimate of drug-likeness (QED) is 0.428. The zero-order chi connectivity index (χ0) is 8.15. The molecule has 0 spiro atoms. The lowest BCUT2D eigenvalue weighted by Gasteiger charge is -2.01. The first-order chi connectivity index (χ1) is 4.54. The topological polar surface area (TPSA) is 106 Å². The largest absolute Gasteiger partial charge is 0.480 e. The molecule has 0 unspecified atom stereocenters. The second-order valence-corrected chi connectivity index (χ2v) is 1.95. The molecule has 0 aliphatic carbocycles. The van der Waals surface area contributed by atoms with Gasteiger partial charge < -0.3 is 16.6 Å². The first-order valence-corrected chi connectivity index (χ1v) is 2.80. The average Bonchev–Trinajstić information content (AvgIpc) is 1.82. The predicted octanol–water partition coefficient (Wildman–Crippen LogP) is -1.34. The molecule has 10 heavy (non-hydrogen) atoms. The Hall–Kier alpha value is -1.10. The summed E-state index contributed by atoms with van der Waals surface area (Å²) in [5, 5.41) is 8.22. The van der Waals surface area contributed by atoms with E-state index in [1.54, 1.807) is 0 Å². The highest BCUT2D eigenvalue weighted by Crippen LogP contribution is 1.92. The van der Waals surface area contributed by atoms with Crippen LogP contribution in [-0.4, -0.2) is 23.0 Å². The van der Waals surface area contributed by atoms with Gasteiger partial charge in [-0.05, 0) is 6.42 Å². The Balaban J connectivity index is 3.49. The van der Waals surface area contributed by atoms with Gasteiger partial charge in [-0.2, -0.15) is 0 Å². The van der Waals surface area contributed by atoms with Crippen LogP contribution in [0.1, 0.15) is 12.8 Å². The molecule has 0 aliphatic heterocycles. The van der Waals surface area contributed by atoms with E-state index in [2.05, 4.69) is 0 Å². The van der Waals surface area contributed by atoms with Gasteiger partial charge in [0.05, 0.1) is 0 Å². The number of rotatable bonds is 4. The molecule has 0 heterocycles. The van der Waals surface area contributed by atoms with Crippen molar-refractivity contribution >= 4 is 11.9 Å². The number of hydrogen-bond donors (Lipinski definition) is 3. The smallest absolute Gasteiger partial charge is 0.320 e. The van der Waals surface area contributed by atoms with Gasteiger partial charge >= 0.3 is 5.97 Å². The fourth-order valence-corrected chi connectivity index (χ4v) is 0.421. The van der Waals surface area contributed by atoms with Gasteiger partial charge in [0, 0.05) is 6.42 Å². The van der Waals surface area contributed by atoms with Crippen LogP contribution in [0.4, 0.5) is 0 Å². The van der Waals surface area contributed by atoms with Crippen LogP contribution in [0.2, 0.25) is 0 Å². The van der Waals surface area contributed by atoms with Crippen LogP contribution < -0.4 is 11.5 Å². The van der Waals surface area contributed by atoms with Crippen molar-refractivity contribution in [3.8, 4) is 0 Å². The lowest BCUT2D eigenvalue weighted by Crippen LogP contribution is -2.31. The molecule has 0 fully saturated rings. The van der Waals surface area contributed by atoms with E-state index >= 15 is 0 Å². The maximum Gasteiger partial charge on any atom is 0.320 e. The van der Waals surface area contributed by atoms with Crippen LogP contribution in [0.15, 0.2) is 0 Å². The number of aliphatic carboxylic acids is 1. The molecule has 1 amide bonds. The number of nitrogens with two attached hydrogens (primary N) is 2. The lowest BCUT2D eigenvalue weighted by molar-refractivity contribution is -0.138. The predicted molar refractivity (Wildman–Crippen MR) is 34.0 cm³/mol. The summed E-state index contributed by atoms with van der Waals surface area (Å²) >= 11 is 0. The van der Waals surface area contributed by atoms with Crippen molar-refractivity contribution in [2.45, 2.75) is 18.9 Å². The molecule has 5 N–H and O–H groups in total. The molecule has 0 aromatic heterocycles. The molecular formula is C5H10N2O3.